The van der Waals surface area contributed by atoms with Gasteiger partial charge in [-0.05, 0) is 44.6 Å². The molecule has 0 aliphatic rings. The van der Waals surface area contributed by atoms with Gasteiger partial charge in [0.2, 0.25) is 0 Å². The summed E-state index contributed by atoms with van der Waals surface area (Å²) in [5.41, 5.74) is 2.59. The fourth-order valence-electron chi connectivity index (χ4n) is 1.70. The largest absolute Gasteiger partial charge is 0.299 e. The highest BCUT2D eigenvalue weighted by Gasteiger charge is 2.14. The molecule has 0 N–H and O–H groups in total. The van der Waals surface area contributed by atoms with Crippen molar-refractivity contribution in [3.63, 3.8) is 0 Å². The van der Waals surface area contributed by atoms with Crippen LogP contribution in [0.2, 0.25) is 0 Å². The molecule has 0 atom stereocenters. The minimum absolute atomic E-state index is 0.0170. The summed E-state index contributed by atoms with van der Waals surface area (Å²) in [6.07, 6.45) is 7.42. The van der Waals surface area contributed by atoms with E-state index in [1.165, 1.54) is 6.08 Å². The van der Waals surface area contributed by atoms with Crippen molar-refractivity contribution in [2.24, 2.45) is 0 Å². The average molecular weight is 304 g/mol. The fourth-order valence-corrected chi connectivity index (χ4v) is 3.12. The van der Waals surface area contributed by atoms with E-state index in [0.717, 1.165) is 23.0 Å². The standard InChI is InChI=1S/C17H20O3S/c1-14(11-12-18)5-4-6-16(3)13-21(19,20)17-9-7-15(2)8-10-17/h4-12H,13H2,1-3H3/b5-4+,14-11+,16-6+. The van der Waals surface area contributed by atoms with Crippen molar-refractivity contribution in [1.29, 1.82) is 0 Å². The summed E-state index contributed by atoms with van der Waals surface area (Å²) in [6, 6.07) is 6.84. The summed E-state index contributed by atoms with van der Waals surface area (Å²) in [7, 11) is -3.31. The van der Waals surface area contributed by atoms with E-state index in [9.17, 15) is 13.2 Å². The van der Waals surface area contributed by atoms with Crippen molar-refractivity contribution >= 4 is 16.1 Å². The second-order valence-electron chi connectivity index (χ2n) is 4.99. The molecular formula is C17H20O3S. The summed E-state index contributed by atoms with van der Waals surface area (Å²) >= 11 is 0. The third-order valence-electron chi connectivity index (χ3n) is 2.87. The number of hydrogen-bond donors (Lipinski definition) is 0. The van der Waals surface area contributed by atoms with Crippen LogP contribution in [-0.4, -0.2) is 20.5 Å². The third kappa shape index (κ3) is 5.92. The van der Waals surface area contributed by atoms with E-state index in [1.54, 1.807) is 56.3 Å². The molecule has 0 radical (unpaired) electrons. The molecule has 21 heavy (non-hydrogen) atoms. The highest BCUT2D eigenvalue weighted by molar-refractivity contribution is 7.91. The lowest BCUT2D eigenvalue weighted by molar-refractivity contribution is -0.104. The lowest BCUT2D eigenvalue weighted by Gasteiger charge is -2.04. The zero-order valence-corrected chi connectivity index (χ0v) is 13.4. The van der Waals surface area contributed by atoms with Crippen molar-refractivity contribution in [3.8, 4) is 0 Å². The Kier molecular flexibility index (Phi) is 6.31. The number of carbonyl (C=O) groups excluding carboxylic acids is 1. The van der Waals surface area contributed by atoms with Gasteiger partial charge in [0.1, 0.15) is 6.29 Å². The minimum Gasteiger partial charge on any atom is -0.299 e. The van der Waals surface area contributed by atoms with Gasteiger partial charge in [-0.25, -0.2) is 8.42 Å². The van der Waals surface area contributed by atoms with E-state index >= 15 is 0 Å². The molecule has 0 saturated heterocycles. The molecule has 1 rings (SSSR count). The van der Waals surface area contributed by atoms with E-state index in [4.69, 9.17) is 0 Å². The van der Waals surface area contributed by atoms with Gasteiger partial charge in [0.25, 0.3) is 0 Å². The monoisotopic (exact) mass is 304 g/mol. The van der Waals surface area contributed by atoms with Gasteiger partial charge in [-0.3, -0.25) is 4.79 Å². The molecule has 0 aliphatic carbocycles. The molecular weight excluding hydrogens is 284 g/mol. The van der Waals surface area contributed by atoms with Gasteiger partial charge in [0.15, 0.2) is 9.84 Å². The molecule has 1 aromatic rings. The second-order valence-corrected chi connectivity index (χ2v) is 6.98. The van der Waals surface area contributed by atoms with Crippen LogP contribution in [0.15, 0.2) is 64.6 Å². The van der Waals surface area contributed by atoms with Crippen LogP contribution >= 0.6 is 0 Å². The smallest absolute Gasteiger partial charge is 0.182 e. The number of allylic oxidation sites excluding steroid dienone is 5. The third-order valence-corrected chi connectivity index (χ3v) is 4.69. The van der Waals surface area contributed by atoms with Crippen LogP contribution in [0.4, 0.5) is 0 Å². The Morgan fingerprint density at radius 1 is 1.10 bits per heavy atom. The predicted octanol–water partition coefficient (Wildman–Crippen LogP) is 3.42. The van der Waals surface area contributed by atoms with Crippen molar-refractivity contribution in [2.45, 2.75) is 25.7 Å². The van der Waals surface area contributed by atoms with Crippen LogP contribution in [0.25, 0.3) is 0 Å². The SMILES string of the molecule is CC(/C=C/C=C(\C)CS(=O)(=O)c1ccc(C)cc1)=C\C=O. The number of sulfone groups is 1. The summed E-state index contributed by atoms with van der Waals surface area (Å²) < 4.78 is 24.5. The van der Waals surface area contributed by atoms with Gasteiger partial charge in [-0.1, -0.05) is 41.5 Å². The van der Waals surface area contributed by atoms with Gasteiger partial charge >= 0.3 is 0 Å². The Balaban J connectivity index is 2.81. The summed E-state index contributed by atoms with van der Waals surface area (Å²) in [5.74, 6) is -0.0170. The highest BCUT2D eigenvalue weighted by Crippen LogP contribution is 2.14. The molecule has 0 heterocycles. The van der Waals surface area contributed by atoms with E-state index in [1.807, 2.05) is 6.92 Å². The molecule has 112 valence electrons. The lowest BCUT2D eigenvalue weighted by atomic mass is 10.2. The zero-order chi connectivity index (χ0) is 15.9. The van der Waals surface area contributed by atoms with Crippen LogP contribution < -0.4 is 0 Å². The van der Waals surface area contributed by atoms with Crippen molar-refractivity contribution in [1.82, 2.24) is 0 Å². The van der Waals surface area contributed by atoms with Crippen molar-refractivity contribution < 1.29 is 13.2 Å². The Morgan fingerprint density at radius 2 is 1.71 bits per heavy atom. The van der Waals surface area contributed by atoms with Gasteiger partial charge in [0.05, 0.1) is 10.6 Å². The Morgan fingerprint density at radius 3 is 2.29 bits per heavy atom. The van der Waals surface area contributed by atoms with Gasteiger partial charge in [-0.15, -0.1) is 0 Å². The van der Waals surface area contributed by atoms with Crippen LogP contribution in [0.1, 0.15) is 19.4 Å². The minimum atomic E-state index is -3.31. The van der Waals surface area contributed by atoms with Crippen molar-refractivity contribution in [2.75, 3.05) is 5.75 Å². The maximum atomic E-state index is 12.2. The molecule has 0 saturated carbocycles. The van der Waals surface area contributed by atoms with Gasteiger partial charge in [0, 0.05) is 0 Å². The van der Waals surface area contributed by atoms with Crippen molar-refractivity contribution in [3.05, 3.63) is 65.3 Å². The lowest BCUT2D eigenvalue weighted by Crippen LogP contribution is -2.07. The molecule has 0 bridgehead atoms. The Bertz CT molecular complexity index is 675. The van der Waals surface area contributed by atoms with Gasteiger partial charge < -0.3 is 0 Å². The molecule has 1 aromatic carbocycles. The van der Waals surface area contributed by atoms with E-state index in [-0.39, 0.29) is 5.75 Å². The number of rotatable bonds is 6. The van der Waals surface area contributed by atoms with E-state index < -0.39 is 9.84 Å². The fraction of sp³-hybridized carbons (Fsp3) is 0.235. The molecule has 4 heteroatoms. The van der Waals surface area contributed by atoms with Gasteiger partial charge in [-0.2, -0.15) is 0 Å². The average Bonchev–Trinajstić information content (AvgIpc) is 2.38. The first-order valence-corrected chi connectivity index (χ1v) is 8.26. The predicted molar refractivity (Wildman–Crippen MR) is 85.9 cm³/mol. The number of aldehydes is 1. The molecule has 0 amide bonds. The number of benzene rings is 1. The second kappa shape index (κ2) is 7.74. The molecule has 0 aromatic heterocycles. The van der Waals surface area contributed by atoms with Crippen LogP contribution in [0.5, 0.6) is 0 Å². The van der Waals surface area contributed by atoms with Crippen LogP contribution in [-0.2, 0) is 14.6 Å². The Hall–Kier alpha value is -1.94. The summed E-state index contributed by atoms with van der Waals surface area (Å²) in [5, 5.41) is 0. The summed E-state index contributed by atoms with van der Waals surface area (Å²) in [4.78, 5) is 10.6. The van der Waals surface area contributed by atoms with Crippen LogP contribution in [0, 0.1) is 6.92 Å². The summed E-state index contributed by atoms with van der Waals surface area (Å²) in [6.45, 7) is 5.49. The highest BCUT2D eigenvalue weighted by atomic mass is 32.2. The Labute approximate surface area is 126 Å². The molecule has 0 unspecified atom stereocenters. The number of aryl methyl sites for hydroxylation is 1. The van der Waals surface area contributed by atoms with Crippen LogP contribution in [0.3, 0.4) is 0 Å². The number of carbonyl (C=O) groups is 1. The molecule has 0 fully saturated rings. The van der Waals surface area contributed by atoms with E-state index in [2.05, 4.69) is 0 Å². The topological polar surface area (TPSA) is 51.2 Å². The first kappa shape index (κ1) is 17.1. The maximum Gasteiger partial charge on any atom is 0.182 e. The molecule has 0 aliphatic heterocycles. The zero-order valence-electron chi connectivity index (χ0n) is 12.5. The molecule has 0 spiro atoms. The normalized spacial score (nSPS) is 13.7. The quantitative estimate of drug-likeness (QED) is 0.460. The maximum absolute atomic E-state index is 12.2. The molecule has 3 nitrogen and oxygen atoms in total. The first-order valence-electron chi connectivity index (χ1n) is 6.60. The first-order chi connectivity index (χ1) is 9.85. The van der Waals surface area contributed by atoms with E-state index in [0.29, 0.717) is 4.90 Å². The number of hydrogen-bond acceptors (Lipinski definition) is 3.